The molecule has 2 fully saturated rings. The quantitative estimate of drug-likeness (QED) is 0.557. The average Bonchev–Trinajstić information content (AvgIpc) is 2.07. The first-order valence-corrected chi connectivity index (χ1v) is 4.98. The Labute approximate surface area is 78.5 Å². The Balaban J connectivity index is 1.80. The van der Waals surface area contributed by atoms with Crippen LogP contribution in [-0.4, -0.2) is 42.5 Å². The van der Waals surface area contributed by atoms with Gasteiger partial charge in [-0.15, -0.1) is 0 Å². The largest absolute Gasteiger partial charge is 0.350 e. The molecule has 1 amide bonds. The summed E-state index contributed by atoms with van der Waals surface area (Å²) in [4.78, 5) is 13.2. The minimum Gasteiger partial charge on any atom is -0.350 e. The molecule has 0 unspecified atom stereocenters. The van der Waals surface area contributed by atoms with Crippen molar-refractivity contribution in [1.29, 1.82) is 0 Å². The summed E-state index contributed by atoms with van der Waals surface area (Å²) in [7, 11) is 0. The summed E-state index contributed by atoms with van der Waals surface area (Å²) in [6, 6.07) is 0. The topological polar surface area (TPSA) is 58.4 Å². The van der Waals surface area contributed by atoms with Gasteiger partial charge in [0.15, 0.2) is 0 Å². The van der Waals surface area contributed by atoms with Crippen molar-refractivity contribution in [2.75, 3.05) is 26.2 Å². The lowest BCUT2D eigenvalue weighted by molar-refractivity contribution is -0.134. The normalized spacial score (nSPS) is 27.0. The second-order valence-corrected chi connectivity index (χ2v) is 4.14. The van der Waals surface area contributed by atoms with Crippen LogP contribution in [-0.2, 0) is 4.79 Å². The zero-order valence-corrected chi connectivity index (χ0v) is 7.88. The van der Waals surface area contributed by atoms with Gasteiger partial charge in [-0.25, -0.2) is 0 Å². The van der Waals surface area contributed by atoms with Crippen molar-refractivity contribution in [2.45, 2.75) is 24.8 Å². The van der Waals surface area contributed by atoms with Crippen LogP contribution in [0.2, 0.25) is 0 Å². The Morgan fingerprint density at radius 1 is 1.46 bits per heavy atom. The van der Waals surface area contributed by atoms with Crippen LogP contribution >= 0.6 is 0 Å². The van der Waals surface area contributed by atoms with Crippen LogP contribution < -0.4 is 11.1 Å². The van der Waals surface area contributed by atoms with Gasteiger partial charge >= 0.3 is 0 Å². The maximum absolute atomic E-state index is 10.8. The van der Waals surface area contributed by atoms with Crippen LogP contribution in [0.15, 0.2) is 0 Å². The Hall–Kier alpha value is -0.610. The third kappa shape index (κ3) is 1.69. The summed E-state index contributed by atoms with van der Waals surface area (Å²) < 4.78 is 0. The van der Waals surface area contributed by atoms with E-state index < -0.39 is 0 Å². The molecule has 0 aromatic heterocycles. The van der Waals surface area contributed by atoms with Gasteiger partial charge in [0, 0.05) is 32.6 Å². The zero-order valence-electron chi connectivity index (χ0n) is 7.88. The van der Waals surface area contributed by atoms with Crippen molar-refractivity contribution in [1.82, 2.24) is 10.2 Å². The van der Waals surface area contributed by atoms with Crippen molar-refractivity contribution in [3.05, 3.63) is 0 Å². The van der Waals surface area contributed by atoms with E-state index in [0.29, 0.717) is 0 Å². The van der Waals surface area contributed by atoms with E-state index in [1.54, 1.807) is 0 Å². The molecule has 4 heteroatoms. The van der Waals surface area contributed by atoms with Crippen molar-refractivity contribution < 1.29 is 4.79 Å². The molecule has 3 N–H and O–H groups in total. The first-order valence-electron chi connectivity index (χ1n) is 4.98. The minimum atomic E-state index is 0.169. The van der Waals surface area contributed by atoms with E-state index in [2.05, 4.69) is 10.2 Å². The molecule has 0 bridgehead atoms. The number of β-lactam (4-membered cyclic amide) rings is 1. The molecule has 0 aliphatic carbocycles. The molecule has 1 spiro atoms. The molecular weight excluding hydrogens is 166 g/mol. The van der Waals surface area contributed by atoms with Gasteiger partial charge in [0.05, 0.1) is 5.54 Å². The third-order valence-corrected chi connectivity index (χ3v) is 3.16. The van der Waals surface area contributed by atoms with Crippen molar-refractivity contribution in [2.24, 2.45) is 5.73 Å². The number of carbonyl (C=O) groups excluding carboxylic acids is 1. The van der Waals surface area contributed by atoms with Crippen LogP contribution in [0, 0.1) is 0 Å². The highest BCUT2D eigenvalue weighted by atomic mass is 16.2. The average molecular weight is 183 g/mol. The van der Waals surface area contributed by atoms with Gasteiger partial charge in [0.25, 0.3) is 0 Å². The molecule has 0 aromatic rings. The Morgan fingerprint density at radius 2 is 2.08 bits per heavy atom. The van der Waals surface area contributed by atoms with E-state index in [1.807, 2.05) is 0 Å². The highest BCUT2D eigenvalue weighted by Crippen LogP contribution is 2.31. The molecule has 0 saturated carbocycles. The maximum Gasteiger partial charge on any atom is 0.222 e. The van der Waals surface area contributed by atoms with Crippen LogP contribution in [0.3, 0.4) is 0 Å². The molecule has 74 valence electrons. The molecule has 0 aromatic carbocycles. The molecule has 2 rings (SSSR count). The summed E-state index contributed by atoms with van der Waals surface area (Å²) in [5.74, 6) is 0.215. The van der Waals surface area contributed by atoms with E-state index in [4.69, 9.17) is 5.73 Å². The van der Waals surface area contributed by atoms with Crippen LogP contribution in [0.25, 0.3) is 0 Å². The second kappa shape index (κ2) is 3.27. The number of nitrogens with zero attached hydrogens (tertiary/aromatic N) is 1. The Bertz CT molecular complexity index is 199. The van der Waals surface area contributed by atoms with Gasteiger partial charge in [-0.1, -0.05) is 0 Å². The summed E-state index contributed by atoms with van der Waals surface area (Å²) >= 11 is 0. The van der Waals surface area contributed by atoms with E-state index in [9.17, 15) is 4.79 Å². The number of amides is 1. The second-order valence-electron chi connectivity index (χ2n) is 4.14. The minimum absolute atomic E-state index is 0.169. The van der Waals surface area contributed by atoms with Crippen molar-refractivity contribution in [3.8, 4) is 0 Å². The molecule has 0 radical (unpaired) electrons. The monoisotopic (exact) mass is 183 g/mol. The molecule has 2 aliphatic heterocycles. The number of nitrogens with two attached hydrogens (primary N) is 1. The highest BCUT2D eigenvalue weighted by Gasteiger charge is 2.44. The first-order chi connectivity index (χ1) is 6.24. The van der Waals surface area contributed by atoms with Crippen LogP contribution in [0.1, 0.15) is 19.3 Å². The van der Waals surface area contributed by atoms with Crippen LogP contribution in [0.5, 0.6) is 0 Å². The fourth-order valence-corrected chi connectivity index (χ4v) is 2.27. The van der Waals surface area contributed by atoms with Crippen LogP contribution in [0.4, 0.5) is 0 Å². The molecule has 0 atom stereocenters. The Kier molecular flexibility index (Phi) is 2.26. The van der Waals surface area contributed by atoms with Gasteiger partial charge in [-0.3, -0.25) is 4.79 Å². The van der Waals surface area contributed by atoms with E-state index in [1.165, 1.54) is 0 Å². The molecule has 2 saturated heterocycles. The highest BCUT2D eigenvalue weighted by molar-refractivity contribution is 5.84. The standard InChI is InChI=1S/C9H17N3O/c10-3-6-12-4-1-9(2-5-12)7-8(13)11-9/h1-7,10H2,(H,11,13). The first kappa shape index (κ1) is 8.97. The van der Waals surface area contributed by atoms with Crippen molar-refractivity contribution in [3.63, 3.8) is 0 Å². The predicted molar refractivity (Wildman–Crippen MR) is 50.2 cm³/mol. The maximum atomic E-state index is 10.8. The van der Waals surface area contributed by atoms with Gasteiger partial charge in [0.1, 0.15) is 0 Å². The third-order valence-electron chi connectivity index (χ3n) is 3.16. The fourth-order valence-electron chi connectivity index (χ4n) is 2.27. The smallest absolute Gasteiger partial charge is 0.222 e. The Morgan fingerprint density at radius 3 is 2.54 bits per heavy atom. The SMILES string of the molecule is NCCN1CCC2(CC1)CC(=O)N2. The lowest BCUT2D eigenvalue weighted by atomic mass is 9.78. The molecule has 2 aliphatic rings. The zero-order chi connectivity index (χ0) is 9.31. The number of nitrogens with one attached hydrogen (secondary N) is 1. The number of hydrogen-bond donors (Lipinski definition) is 2. The molecule has 4 nitrogen and oxygen atoms in total. The number of carbonyl (C=O) groups is 1. The summed E-state index contributed by atoms with van der Waals surface area (Å²) in [6.07, 6.45) is 2.93. The van der Waals surface area contributed by atoms with E-state index >= 15 is 0 Å². The van der Waals surface area contributed by atoms with Gasteiger partial charge in [-0.2, -0.15) is 0 Å². The summed E-state index contributed by atoms with van der Waals surface area (Å²) in [5.41, 5.74) is 5.65. The van der Waals surface area contributed by atoms with E-state index in [-0.39, 0.29) is 11.4 Å². The molecule has 2 heterocycles. The number of rotatable bonds is 2. The van der Waals surface area contributed by atoms with Gasteiger partial charge < -0.3 is 16.0 Å². The number of piperidine rings is 1. The summed E-state index contributed by atoms with van der Waals surface area (Å²) in [6.45, 7) is 3.89. The predicted octanol–water partition coefficient (Wildman–Crippen LogP) is -0.700. The van der Waals surface area contributed by atoms with Gasteiger partial charge in [0.2, 0.25) is 5.91 Å². The number of likely N-dealkylation sites (tertiary alicyclic amines) is 1. The van der Waals surface area contributed by atoms with E-state index in [0.717, 1.165) is 45.4 Å². The van der Waals surface area contributed by atoms with Crippen molar-refractivity contribution >= 4 is 5.91 Å². The molecule has 13 heavy (non-hydrogen) atoms. The lowest BCUT2D eigenvalue weighted by Crippen LogP contribution is -2.65. The fraction of sp³-hybridized carbons (Fsp3) is 0.889. The summed E-state index contributed by atoms with van der Waals surface area (Å²) in [5, 5.41) is 3.02. The lowest BCUT2D eigenvalue weighted by Gasteiger charge is -2.47. The van der Waals surface area contributed by atoms with Gasteiger partial charge in [-0.05, 0) is 12.8 Å². The molecular formula is C9H17N3O. The number of hydrogen-bond acceptors (Lipinski definition) is 3.